The van der Waals surface area contributed by atoms with Gasteiger partial charge < -0.3 is 15.0 Å². The van der Waals surface area contributed by atoms with Gasteiger partial charge in [-0.1, -0.05) is 6.92 Å². The van der Waals surface area contributed by atoms with Crippen LogP contribution in [0.2, 0.25) is 0 Å². The number of nitrogens with one attached hydrogen (secondary N) is 1. The Morgan fingerprint density at radius 1 is 1.42 bits per heavy atom. The topological polar surface area (TPSA) is 50.3 Å². The van der Waals surface area contributed by atoms with Crippen molar-refractivity contribution in [3.05, 3.63) is 18.1 Å². The van der Waals surface area contributed by atoms with Gasteiger partial charge in [0.25, 0.3) is 0 Å². The van der Waals surface area contributed by atoms with Gasteiger partial charge in [0.1, 0.15) is 5.82 Å². The molecule has 1 fully saturated rings. The molecule has 1 saturated heterocycles. The zero-order valence-electron chi connectivity index (χ0n) is 11.9. The Bertz CT molecular complexity index is 362. The summed E-state index contributed by atoms with van der Waals surface area (Å²) in [7, 11) is 2.04. The summed E-state index contributed by atoms with van der Waals surface area (Å²) in [6.45, 7) is 5.75. The molecule has 0 aliphatic carbocycles. The first-order chi connectivity index (χ1) is 9.29. The van der Waals surface area contributed by atoms with E-state index in [4.69, 9.17) is 4.74 Å². The summed E-state index contributed by atoms with van der Waals surface area (Å²) in [5.41, 5.74) is 0.989. The third kappa shape index (κ3) is 4.44. The molecule has 1 aromatic heterocycles. The second-order valence-electron chi connectivity index (χ2n) is 5.06. The molecular weight excluding hydrogens is 240 g/mol. The Morgan fingerprint density at radius 2 is 2.32 bits per heavy atom. The summed E-state index contributed by atoms with van der Waals surface area (Å²) in [6.07, 6.45) is 7.50. The molecule has 0 bridgehead atoms. The van der Waals surface area contributed by atoms with E-state index in [2.05, 4.69) is 27.1 Å². The highest BCUT2D eigenvalue weighted by Crippen LogP contribution is 2.15. The van der Waals surface area contributed by atoms with Crippen molar-refractivity contribution in [1.82, 2.24) is 15.3 Å². The lowest BCUT2D eigenvalue weighted by Crippen LogP contribution is -2.29. The van der Waals surface area contributed by atoms with Gasteiger partial charge in [0, 0.05) is 26.7 Å². The van der Waals surface area contributed by atoms with Crippen molar-refractivity contribution in [2.24, 2.45) is 0 Å². The van der Waals surface area contributed by atoms with Crippen LogP contribution in [-0.4, -0.2) is 42.8 Å². The Kier molecular flexibility index (Phi) is 5.54. The second kappa shape index (κ2) is 7.40. The zero-order valence-corrected chi connectivity index (χ0v) is 11.9. The molecule has 106 valence electrons. The molecule has 5 heteroatoms. The summed E-state index contributed by atoms with van der Waals surface area (Å²) in [4.78, 5) is 11.0. The first-order valence-electron chi connectivity index (χ1n) is 7.14. The number of ether oxygens (including phenoxy) is 1. The fourth-order valence-electron chi connectivity index (χ4n) is 2.22. The Balaban J connectivity index is 1.82. The van der Waals surface area contributed by atoms with Gasteiger partial charge in [-0.2, -0.15) is 0 Å². The number of rotatable bonds is 7. The van der Waals surface area contributed by atoms with E-state index in [0.29, 0.717) is 6.10 Å². The molecule has 5 nitrogen and oxygen atoms in total. The lowest BCUT2D eigenvalue weighted by Gasteiger charge is -2.21. The van der Waals surface area contributed by atoms with Gasteiger partial charge in [-0.3, -0.25) is 4.98 Å². The van der Waals surface area contributed by atoms with Gasteiger partial charge in [0.2, 0.25) is 0 Å². The fourth-order valence-corrected chi connectivity index (χ4v) is 2.22. The fraction of sp³-hybridized carbons (Fsp3) is 0.714. The van der Waals surface area contributed by atoms with E-state index in [1.807, 2.05) is 19.4 Å². The molecule has 2 heterocycles. The summed E-state index contributed by atoms with van der Waals surface area (Å²) in [5, 5.41) is 3.32. The van der Waals surface area contributed by atoms with Gasteiger partial charge in [-0.25, -0.2) is 4.98 Å². The first-order valence-corrected chi connectivity index (χ1v) is 7.14. The number of likely N-dealkylation sites (N-methyl/N-ethyl adjacent to an activating group) is 1. The SMILES string of the molecule is CCCNCc1cnc(N(C)CC2CCCO2)cn1. The van der Waals surface area contributed by atoms with Crippen LogP contribution >= 0.6 is 0 Å². The van der Waals surface area contributed by atoms with Crippen LogP contribution in [0.5, 0.6) is 0 Å². The van der Waals surface area contributed by atoms with Crippen LogP contribution in [0.4, 0.5) is 5.82 Å². The van der Waals surface area contributed by atoms with E-state index in [9.17, 15) is 0 Å². The summed E-state index contributed by atoms with van der Waals surface area (Å²) in [6, 6.07) is 0. The molecule has 1 atom stereocenters. The summed E-state index contributed by atoms with van der Waals surface area (Å²) in [5.74, 6) is 0.912. The number of hydrogen-bond acceptors (Lipinski definition) is 5. The molecule has 1 N–H and O–H groups in total. The molecule has 2 rings (SSSR count). The monoisotopic (exact) mass is 264 g/mol. The normalized spacial score (nSPS) is 18.7. The molecule has 0 saturated carbocycles. The zero-order chi connectivity index (χ0) is 13.5. The van der Waals surface area contributed by atoms with E-state index in [-0.39, 0.29) is 0 Å². The van der Waals surface area contributed by atoms with Crippen molar-refractivity contribution < 1.29 is 4.74 Å². The van der Waals surface area contributed by atoms with Crippen LogP contribution in [0.1, 0.15) is 31.9 Å². The van der Waals surface area contributed by atoms with Gasteiger partial charge in [0.05, 0.1) is 24.2 Å². The number of nitrogens with zero attached hydrogens (tertiary/aromatic N) is 3. The maximum absolute atomic E-state index is 5.63. The number of anilines is 1. The lowest BCUT2D eigenvalue weighted by atomic mass is 10.2. The molecule has 1 aromatic rings. The van der Waals surface area contributed by atoms with Gasteiger partial charge in [-0.15, -0.1) is 0 Å². The molecule has 0 radical (unpaired) electrons. The lowest BCUT2D eigenvalue weighted by molar-refractivity contribution is 0.116. The molecule has 19 heavy (non-hydrogen) atoms. The van der Waals surface area contributed by atoms with E-state index >= 15 is 0 Å². The molecule has 0 spiro atoms. The standard InChI is InChI=1S/C14H24N4O/c1-3-6-15-8-12-9-17-14(10-16-12)18(2)11-13-5-4-7-19-13/h9-10,13,15H,3-8,11H2,1-2H3. The minimum atomic E-state index is 0.345. The molecular formula is C14H24N4O. The van der Waals surface area contributed by atoms with Gasteiger partial charge in [-0.05, 0) is 25.8 Å². The van der Waals surface area contributed by atoms with E-state index in [0.717, 1.165) is 50.6 Å². The highest BCUT2D eigenvalue weighted by Gasteiger charge is 2.18. The average Bonchev–Trinajstić information content (AvgIpc) is 2.93. The van der Waals surface area contributed by atoms with Crippen LogP contribution in [0.15, 0.2) is 12.4 Å². The molecule has 0 amide bonds. The maximum Gasteiger partial charge on any atom is 0.146 e. The number of hydrogen-bond donors (Lipinski definition) is 1. The van der Waals surface area contributed by atoms with Crippen molar-refractivity contribution in [3.63, 3.8) is 0 Å². The highest BCUT2D eigenvalue weighted by atomic mass is 16.5. The van der Waals surface area contributed by atoms with Crippen molar-refractivity contribution in [2.75, 3.05) is 31.6 Å². The molecule has 0 aromatic carbocycles. The molecule has 1 unspecified atom stereocenters. The quantitative estimate of drug-likeness (QED) is 0.758. The van der Waals surface area contributed by atoms with Crippen LogP contribution in [-0.2, 0) is 11.3 Å². The molecule has 1 aliphatic heterocycles. The van der Waals surface area contributed by atoms with Gasteiger partial charge in [0.15, 0.2) is 0 Å². The largest absolute Gasteiger partial charge is 0.376 e. The Hall–Kier alpha value is -1.20. The minimum Gasteiger partial charge on any atom is -0.376 e. The Morgan fingerprint density at radius 3 is 2.95 bits per heavy atom. The Labute approximate surface area is 115 Å². The minimum absolute atomic E-state index is 0.345. The van der Waals surface area contributed by atoms with Crippen LogP contribution < -0.4 is 10.2 Å². The second-order valence-corrected chi connectivity index (χ2v) is 5.06. The first kappa shape index (κ1) is 14.2. The summed E-state index contributed by atoms with van der Waals surface area (Å²) >= 11 is 0. The smallest absolute Gasteiger partial charge is 0.146 e. The highest BCUT2D eigenvalue weighted by molar-refractivity contribution is 5.34. The predicted octanol–water partition coefficient (Wildman–Crippen LogP) is 1.59. The van der Waals surface area contributed by atoms with E-state index < -0.39 is 0 Å². The van der Waals surface area contributed by atoms with Crippen molar-refractivity contribution in [3.8, 4) is 0 Å². The van der Waals surface area contributed by atoms with Crippen molar-refractivity contribution >= 4 is 5.82 Å². The van der Waals surface area contributed by atoms with Crippen molar-refractivity contribution in [1.29, 1.82) is 0 Å². The third-order valence-electron chi connectivity index (χ3n) is 3.32. The maximum atomic E-state index is 5.63. The van der Waals surface area contributed by atoms with Gasteiger partial charge >= 0.3 is 0 Å². The van der Waals surface area contributed by atoms with Crippen LogP contribution in [0, 0.1) is 0 Å². The third-order valence-corrected chi connectivity index (χ3v) is 3.32. The van der Waals surface area contributed by atoms with E-state index in [1.165, 1.54) is 6.42 Å². The van der Waals surface area contributed by atoms with E-state index in [1.54, 1.807) is 0 Å². The number of aromatic nitrogens is 2. The predicted molar refractivity (Wildman–Crippen MR) is 76.3 cm³/mol. The average molecular weight is 264 g/mol. The summed E-state index contributed by atoms with van der Waals surface area (Å²) < 4.78 is 5.63. The van der Waals surface area contributed by atoms with Crippen LogP contribution in [0.3, 0.4) is 0 Å². The molecule has 1 aliphatic rings. The van der Waals surface area contributed by atoms with Crippen LogP contribution in [0.25, 0.3) is 0 Å². The van der Waals surface area contributed by atoms with Crippen molar-refractivity contribution in [2.45, 2.75) is 38.8 Å².